The van der Waals surface area contributed by atoms with E-state index in [9.17, 15) is 5.11 Å². The van der Waals surface area contributed by atoms with E-state index < -0.39 is 0 Å². The lowest BCUT2D eigenvalue weighted by atomic mass is 9.93. The van der Waals surface area contributed by atoms with Crippen LogP contribution in [0.2, 0.25) is 5.02 Å². The van der Waals surface area contributed by atoms with Crippen LogP contribution in [-0.2, 0) is 0 Å². The molecule has 1 aliphatic rings. The molecule has 34 heavy (non-hydrogen) atoms. The predicted octanol–water partition coefficient (Wildman–Crippen LogP) is 6.33. The van der Waals surface area contributed by atoms with Crippen LogP contribution in [0.4, 0.5) is 5.69 Å². The van der Waals surface area contributed by atoms with Crippen molar-refractivity contribution in [3.8, 4) is 11.4 Å². The van der Waals surface area contributed by atoms with E-state index in [0.29, 0.717) is 10.1 Å². The van der Waals surface area contributed by atoms with Crippen LogP contribution >= 0.6 is 23.8 Å². The second kappa shape index (κ2) is 8.78. The van der Waals surface area contributed by atoms with E-state index in [0.717, 1.165) is 28.5 Å². The van der Waals surface area contributed by atoms with Crippen LogP contribution in [0.5, 0.6) is 5.75 Å². The van der Waals surface area contributed by atoms with Crippen molar-refractivity contribution in [2.75, 3.05) is 4.90 Å². The number of hydrogen-bond donors (Lipinski definition) is 2. The number of anilines is 1. The molecule has 0 saturated carbocycles. The molecule has 0 bridgehead atoms. The summed E-state index contributed by atoms with van der Waals surface area (Å²) >= 11 is 12.2. The van der Waals surface area contributed by atoms with Gasteiger partial charge in [-0.15, -0.1) is 0 Å². The number of nitrogens with one attached hydrogen (secondary N) is 1. The zero-order valence-corrected chi connectivity index (χ0v) is 20.7. The topological polar surface area (TPSA) is 53.3 Å². The fourth-order valence-electron chi connectivity index (χ4n) is 4.98. The van der Waals surface area contributed by atoms with Gasteiger partial charge in [-0.1, -0.05) is 23.7 Å². The Morgan fingerprint density at radius 2 is 1.71 bits per heavy atom. The third-order valence-corrected chi connectivity index (χ3v) is 7.15. The molecule has 2 atom stereocenters. The normalized spacial score (nSPS) is 17.8. The predicted molar refractivity (Wildman–Crippen MR) is 141 cm³/mol. The third kappa shape index (κ3) is 3.73. The molecule has 1 fully saturated rings. The van der Waals surface area contributed by atoms with Crippen LogP contribution in [0.3, 0.4) is 0 Å². The fourth-order valence-corrected chi connectivity index (χ4v) is 5.51. The number of halogens is 1. The van der Waals surface area contributed by atoms with Crippen LogP contribution in [0.15, 0.2) is 72.9 Å². The molecule has 2 N–H and O–H groups in total. The monoisotopic (exact) mass is 488 g/mol. The average Bonchev–Trinajstić information content (AvgIpc) is 3.27. The second-order valence-electron chi connectivity index (χ2n) is 8.54. The smallest absolute Gasteiger partial charge is 0.174 e. The van der Waals surface area contributed by atoms with E-state index in [-0.39, 0.29) is 17.8 Å². The minimum Gasteiger partial charge on any atom is -0.508 e. The van der Waals surface area contributed by atoms with E-state index >= 15 is 0 Å². The first-order chi connectivity index (χ1) is 16.4. The lowest BCUT2D eigenvalue weighted by Crippen LogP contribution is -2.29. The molecule has 1 aliphatic heterocycles. The zero-order valence-electron chi connectivity index (χ0n) is 19.2. The van der Waals surface area contributed by atoms with Gasteiger partial charge < -0.3 is 19.9 Å². The van der Waals surface area contributed by atoms with Crippen LogP contribution in [0, 0.1) is 20.8 Å². The molecule has 0 amide bonds. The van der Waals surface area contributed by atoms with Gasteiger partial charge in [0.2, 0.25) is 0 Å². The third-order valence-electron chi connectivity index (χ3n) is 6.60. The standard InChI is InChI=1S/C27H25ClN4OS/c1-16-17(2)31(21-8-6-7-19(28)15-21)18(3)24(16)26-25(23-9-4-5-14-29-23)30-27(34)32(26)20-10-12-22(33)13-11-20/h4-15,25-26,33H,1-3H3,(H,30,34). The molecular weight excluding hydrogens is 464 g/mol. The molecule has 172 valence electrons. The number of hydrogen-bond acceptors (Lipinski definition) is 3. The minimum absolute atomic E-state index is 0.133. The number of benzene rings is 2. The first-order valence-electron chi connectivity index (χ1n) is 11.1. The summed E-state index contributed by atoms with van der Waals surface area (Å²) < 4.78 is 2.25. The van der Waals surface area contributed by atoms with E-state index in [1.54, 1.807) is 12.1 Å². The van der Waals surface area contributed by atoms with Gasteiger partial charge >= 0.3 is 0 Å². The van der Waals surface area contributed by atoms with Gasteiger partial charge in [0.05, 0.1) is 17.8 Å². The number of aromatic hydroxyl groups is 1. The second-order valence-corrected chi connectivity index (χ2v) is 9.36. The number of pyridine rings is 1. The first-order valence-corrected chi connectivity index (χ1v) is 11.9. The van der Waals surface area contributed by atoms with Gasteiger partial charge in [0.1, 0.15) is 5.75 Å². The Balaban J connectivity index is 1.73. The average molecular weight is 489 g/mol. The maximum atomic E-state index is 9.86. The molecule has 2 aromatic carbocycles. The summed E-state index contributed by atoms with van der Waals surface area (Å²) in [6.45, 7) is 6.43. The lowest BCUT2D eigenvalue weighted by Gasteiger charge is -2.29. The molecular formula is C27H25ClN4OS. The fraction of sp³-hybridized carbons (Fsp3) is 0.185. The summed E-state index contributed by atoms with van der Waals surface area (Å²) in [6, 6.07) is 20.7. The summed E-state index contributed by atoms with van der Waals surface area (Å²) in [5.74, 6) is 0.218. The van der Waals surface area contributed by atoms with Crippen molar-refractivity contribution in [1.29, 1.82) is 0 Å². The van der Waals surface area contributed by atoms with Gasteiger partial charge in [0, 0.05) is 39.5 Å². The van der Waals surface area contributed by atoms with Gasteiger partial charge in [-0.2, -0.15) is 0 Å². The number of phenols is 1. The molecule has 5 rings (SSSR count). The number of phenolic OH excluding ortho intramolecular Hbond substituents is 1. The highest BCUT2D eigenvalue weighted by atomic mass is 35.5. The maximum absolute atomic E-state index is 9.86. The van der Waals surface area contributed by atoms with Crippen molar-refractivity contribution < 1.29 is 5.11 Å². The van der Waals surface area contributed by atoms with Crippen molar-refractivity contribution >= 4 is 34.6 Å². The van der Waals surface area contributed by atoms with Gasteiger partial charge in [0.15, 0.2) is 5.11 Å². The summed E-state index contributed by atoms with van der Waals surface area (Å²) in [5, 5.41) is 14.7. The first kappa shape index (κ1) is 22.4. The highest BCUT2D eigenvalue weighted by Gasteiger charge is 2.43. The van der Waals surface area contributed by atoms with E-state index in [4.69, 9.17) is 23.8 Å². The number of aromatic nitrogens is 2. The molecule has 3 heterocycles. The molecule has 2 unspecified atom stereocenters. The van der Waals surface area contributed by atoms with Crippen molar-refractivity contribution in [3.05, 3.63) is 106 Å². The Hall–Kier alpha value is -3.35. The quantitative estimate of drug-likeness (QED) is 0.328. The Bertz CT molecular complexity index is 1370. The van der Waals surface area contributed by atoms with Crippen molar-refractivity contribution in [2.24, 2.45) is 0 Å². The summed E-state index contributed by atoms with van der Waals surface area (Å²) in [4.78, 5) is 6.79. The molecule has 5 nitrogen and oxygen atoms in total. The Morgan fingerprint density at radius 1 is 0.941 bits per heavy atom. The highest BCUT2D eigenvalue weighted by Crippen LogP contribution is 2.45. The van der Waals surface area contributed by atoms with Crippen molar-refractivity contribution in [3.63, 3.8) is 0 Å². The maximum Gasteiger partial charge on any atom is 0.174 e. The lowest BCUT2D eigenvalue weighted by molar-refractivity contribution is 0.475. The molecule has 2 aromatic heterocycles. The van der Waals surface area contributed by atoms with Gasteiger partial charge in [-0.3, -0.25) is 4.98 Å². The van der Waals surface area contributed by atoms with Crippen molar-refractivity contribution in [2.45, 2.75) is 32.9 Å². The van der Waals surface area contributed by atoms with Gasteiger partial charge in [-0.05, 0) is 93.1 Å². The molecule has 4 aromatic rings. The Kier molecular flexibility index (Phi) is 5.80. The summed E-state index contributed by atoms with van der Waals surface area (Å²) in [6.07, 6.45) is 1.81. The largest absolute Gasteiger partial charge is 0.508 e. The summed E-state index contributed by atoms with van der Waals surface area (Å²) in [5.41, 5.74) is 7.51. The molecule has 0 spiro atoms. The molecule has 1 saturated heterocycles. The summed E-state index contributed by atoms with van der Waals surface area (Å²) in [7, 11) is 0. The van der Waals surface area contributed by atoms with Gasteiger partial charge in [0.25, 0.3) is 0 Å². The molecule has 0 aliphatic carbocycles. The zero-order chi connectivity index (χ0) is 24.0. The minimum atomic E-state index is -0.144. The van der Waals surface area contributed by atoms with Crippen LogP contribution < -0.4 is 10.2 Å². The van der Waals surface area contributed by atoms with Gasteiger partial charge in [-0.25, -0.2) is 0 Å². The van der Waals surface area contributed by atoms with Crippen LogP contribution in [0.25, 0.3) is 5.69 Å². The van der Waals surface area contributed by atoms with E-state index in [1.807, 2.05) is 54.7 Å². The Morgan fingerprint density at radius 3 is 2.38 bits per heavy atom. The SMILES string of the molecule is Cc1c(C2C(c3ccccn3)NC(=S)N2c2ccc(O)cc2)c(C)n(-c2cccc(Cl)c2)c1C. The number of nitrogens with zero attached hydrogens (tertiary/aromatic N) is 3. The number of thiocarbonyl (C=S) groups is 1. The Labute approximate surface area is 209 Å². The highest BCUT2D eigenvalue weighted by molar-refractivity contribution is 7.80. The van der Waals surface area contributed by atoms with Crippen LogP contribution in [0.1, 0.15) is 40.3 Å². The molecule has 7 heteroatoms. The molecule has 0 radical (unpaired) electrons. The van der Waals surface area contributed by atoms with E-state index in [2.05, 4.69) is 46.6 Å². The van der Waals surface area contributed by atoms with Crippen LogP contribution in [-0.4, -0.2) is 19.8 Å². The van der Waals surface area contributed by atoms with Crippen molar-refractivity contribution in [1.82, 2.24) is 14.9 Å². The van der Waals surface area contributed by atoms with E-state index in [1.165, 1.54) is 11.1 Å². The number of rotatable bonds is 4.